The third kappa shape index (κ3) is 9.50. The number of aliphatic hydroxyl groups is 1. The van der Waals surface area contributed by atoms with Gasteiger partial charge in [0.25, 0.3) is 0 Å². The number of ether oxygens (including phenoxy) is 1. The Hall–Kier alpha value is -3.45. The van der Waals surface area contributed by atoms with E-state index in [0.717, 1.165) is 24.0 Å². The molecule has 2 amide bonds. The highest BCUT2D eigenvalue weighted by molar-refractivity contribution is 5.86. The highest BCUT2D eigenvalue weighted by Crippen LogP contribution is 2.24. The van der Waals surface area contributed by atoms with Crippen LogP contribution in [0.1, 0.15) is 56.3 Å². The predicted molar refractivity (Wildman–Crippen MR) is 142 cm³/mol. The van der Waals surface area contributed by atoms with Crippen molar-refractivity contribution in [2.24, 2.45) is 11.8 Å². The molecule has 0 aliphatic carbocycles. The van der Waals surface area contributed by atoms with Crippen molar-refractivity contribution in [2.45, 2.75) is 57.6 Å². The van der Waals surface area contributed by atoms with E-state index in [1.165, 1.54) is 0 Å². The fraction of sp³-hybridized carbons (Fsp3) is 0.433. The summed E-state index contributed by atoms with van der Waals surface area (Å²) in [5.74, 6) is -1.69. The van der Waals surface area contributed by atoms with Crippen LogP contribution in [0.4, 0.5) is 0 Å². The van der Waals surface area contributed by atoms with E-state index in [4.69, 9.17) is 4.74 Å². The summed E-state index contributed by atoms with van der Waals surface area (Å²) in [5.41, 5.74) is 1.88. The Morgan fingerprint density at radius 1 is 1.05 bits per heavy atom. The van der Waals surface area contributed by atoms with E-state index in [9.17, 15) is 19.5 Å². The van der Waals surface area contributed by atoms with E-state index in [1.807, 2.05) is 72.8 Å². The lowest BCUT2D eigenvalue weighted by Crippen LogP contribution is -2.40. The average Bonchev–Trinajstić information content (AvgIpc) is 2.91. The second kappa shape index (κ2) is 15.0. The van der Waals surface area contributed by atoms with Gasteiger partial charge in [0.1, 0.15) is 6.10 Å². The third-order valence-corrected chi connectivity index (χ3v) is 6.54. The van der Waals surface area contributed by atoms with Gasteiger partial charge in [-0.25, -0.2) is 0 Å². The van der Waals surface area contributed by atoms with Crippen LogP contribution in [0.25, 0.3) is 0 Å². The van der Waals surface area contributed by atoms with Gasteiger partial charge in [-0.2, -0.15) is 0 Å². The molecule has 3 rings (SSSR count). The van der Waals surface area contributed by atoms with E-state index in [2.05, 4.69) is 10.6 Å². The molecule has 4 atom stereocenters. The van der Waals surface area contributed by atoms with E-state index < -0.39 is 12.0 Å². The maximum Gasteiger partial charge on any atom is 0.309 e. The summed E-state index contributed by atoms with van der Waals surface area (Å²) < 4.78 is 6.02. The quantitative estimate of drug-likeness (QED) is 0.391. The van der Waals surface area contributed by atoms with Crippen molar-refractivity contribution in [1.29, 1.82) is 0 Å². The van der Waals surface area contributed by atoms with E-state index >= 15 is 0 Å². The number of esters is 1. The Balaban J connectivity index is 1.78. The first-order valence-electron chi connectivity index (χ1n) is 13.1. The van der Waals surface area contributed by atoms with Gasteiger partial charge in [-0.1, -0.05) is 72.8 Å². The number of nitrogens with one attached hydrogen (secondary N) is 2. The topological polar surface area (TPSA) is 105 Å². The molecule has 0 aromatic heterocycles. The molecule has 7 nitrogen and oxygen atoms in total. The number of rotatable bonds is 7. The Labute approximate surface area is 219 Å². The number of aliphatic hydroxyl groups excluding tert-OH is 1. The average molecular weight is 507 g/mol. The molecule has 4 unspecified atom stereocenters. The molecule has 0 fully saturated rings. The summed E-state index contributed by atoms with van der Waals surface area (Å²) in [6.07, 6.45) is 6.62. The van der Waals surface area contributed by atoms with Gasteiger partial charge < -0.3 is 20.5 Å². The third-order valence-electron chi connectivity index (χ3n) is 6.54. The zero-order valence-corrected chi connectivity index (χ0v) is 21.5. The second-order valence-electron chi connectivity index (χ2n) is 9.66. The number of cyclic esters (lactones) is 1. The van der Waals surface area contributed by atoms with Gasteiger partial charge >= 0.3 is 5.97 Å². The molecule has 198 valence electrons. The van der Waals surface area contributed by atoms with Gasteiger partial charge in [0.2, 0.25) is 11.8 Å². The van der Waals surface area contributed by atoms with Crippen LogP contribution in [0.3, 0.4) is 0 Å². The summed E-state index contributed by atoms with van der Waals surface area (Å²) >= 11 is 0. The number of carbonyl (C=O) groups is 3. The number of carbonyl (C=O) groups excluding carboxylic acids is 3. The molecule has 0 radical (unpaired) electrons. The van der Waals surface area contributed by atoms with Crippen LogP contribution in [0, 0.1) is 11.8 Å². The van der Waals surface area contributed by atoms with Crippen LogP contribution in [0.5, 0.6) is 0 Å². The molecule has 0 bridgehead atoms. The summed E-state index contributed by atoms with van der Waals surface area (Å²) in [5, 5.41) is 14.8. The van der Waals surface area contributed by atoms with Crippen molar-refractivity contribution in [3.63, 3.8) is 0 Å². The SMILES string of the molecule is CC(CO)NC(=O)CC1CC=CCCCC(Cc2ccccc2)C(=O)OC(c2ccccc2)CNC1=O. The first kappa shape index (κ1) is 28.1. The molecule has 3 N–H and O–H groups in total. The molecule has 2 aromatic rings. The minimum atomic E-state index is -0.640. The van der Waals surface area contributed by atoms with E-state index in [0.29, 0.717) is 19.3 Å². The molecule has 0 spiro atoms. The summed E-state index contributed by atoms with van der Waals surface area (Å²) in [7, 11) is 0. The standard InChI is InChI=1S/C30H38N2O5/c1-22(21-33)32-28(34)19-25-16-8-2-3-9-17-26(18-23-12-6-4-7-13-23)30(36)37-27(20-31-29(25)35)24-14-10-5-11-15-24/h2,4-8,10-15,22,25-27,33H,3,9,16-21H2,1H3,(H,31,35)(H,32,34). The lowest BCUT2D eigenvalue weighted by molar-refractivity contribution is -0.155. The van der Waals surface area contributed by atoms with Crippen LogP contribution >= 0.6 is 0 Å². The Morgan fingerprint density at radius 3 is 2.46 bits per heavy atom. The summed E-state index contributed by atoms with van der Waals surface area (Å²) in [4.78, 5) is 38.9. The number of hydrogen-bond donors (Lipinski definition) is 3. The number of hydrogen-bond acceptors (Lipinski definition) is 5. The summed E-state index contributed by atoms with van der Waals surface area (Å²) in [6.45, 7) is 1.65. The minimum absolute atomic E-state index is 0.00938. The monoisotopic (exact) mass is 506 g/mol. The molecular formula is C30H38N2O5. The van der Waals surface area contributed by atoms with E-state index in [1.54, 1.807) is 6.92 Å². The Kier molecular flexibility index (Phi) is 11.4. The van der Waals surface area contributed by atoms with Crippen molar-refractivity contribution in [2.75, 3.05) is 13.2 Å². The predicted octanol–water partition coefficient (Wildman–Crippen LogP) is 3.88. The maximum absolute atomic E-state index is 13.4. The smallest absolute Gasteiger partial charge is 0.309 e. The van der Waals surface area contributed by atoms with E-state index in [-0.39, 0.29) is 49.3 Å². The normalized spacial score (nSPS) is 22.3. The first-order valence-corrected chi connectivity index (χ1v) is 13.1. The molecule has 1 aliphatic rings. The van der Waals surface area contributed by atoms with Crippen molar-refractivity contribution in [3.05, 3.63) is 83.9 Å². The molecule has 1 heterocycles. The lowest BCUT2D eigenvalue weighted by atomic mass is 9.93. The van der Waals surface area contributed by atoms with Crippen LogP contribution in [0.2, 0.25) is 0 Å². The summed E-state index contributed by atoms with van der Waals surface area (Å²) in [6, 6.07) is 18.9. The highest BCUT2D eigenvalue weighted by Gasteiger charge is 2.27. The van der Waals surface area contributed by atoms with Gasteiger partial charge in [0, 0.05) is 12.5 Å². The highest BCUT2D eigenvalue weighted by atomic mass is 16.5. The number of allylic oxidation sites excluding steroid dienone is 2. The van der Waals surface area contributed by atoms with Crippen molar-refractivity contribution >= 4 is 17.8 Å². The number of benzene rings is 2. The van der Waals surface area contributed by atoms with Crippen molar-refractivity contribution in [1.82, 2.24) is 10.6 Å². The fourth-order valence-corrected chi connectivity index (χ4v) is 4.42. The largest absolute Gasteiger partial charge is 0.455 e. The fourth-order valence-electron chi connectivity index (χ4n) is 4.42. The molecule has 2 aromatic carbocycles. The van der Waals surface area contributed by atoms with Crippen LogP contribution < -0.4 is 10.6 Å². The molecular weight excluding hydrogens is 468 g/mol. The maximum atomic E-state index is 13.4. The van der Waals surface area contributed by atoms with Crippen LogP contribution in [-0.2, 0) is 25.5 Å². The van der Waals surface area contributed by atoms with Crippen LogP contribution in [-0.4, -0.2) is 42.1 Å². The van der Waals surface area contributed by atoms with Crippen LogP contribution in [0.15, 0.2) is 72.8 Å². The van der Waals surface area contributed by atoms with Gasteiger partial charge in [-0.05, 0) is 50.2 Å². The van der Waals surface area contributed by atoms with Gasteiger partial charge in [-0.3, -0.25) is 14.4 Å². The van der Waals surface area contributed by atoms with Gasteiger partial charge in [-0.15, -0.1) is 0 Å². The molecule has 0 saturated heterocycles. The van der Waals surface area contributed by atoms with Gasteiger partial charge in [0.05, 0.1) is 25.0 Å². The lowest BCUT2D eigenvalue weighted by Gasteiger charge is -2.24. The molecule has 1 aliphatic heterocycles. The zero-order valence-electron chi connectivity index (χ0n) is 21.5. The zero-order chi connectivity index (χ0) is 26.5. The molecule has 0 saturated carbocycles. The first-order chi connectivity index (χ1) is 18.0. The Bertz CT molecular complexity index is 1020. The second-order valence-corrected chi connectivity index (χ2v) is 9.66. The minimum Gasteiger partial charge on any atom is -0.455 e. The van der Waals surface area contributed by atoms with Gasteiger partial charge in [0.15, 0.2) is 0 Å². The molecule has 37 heavy (non-hydrogen) atoms. The van der Waals surface area contributed by atoms with Crippen molar-refractivity contribution in [3.8, 4) is 0 Å². The van der Waals surface area contributed by atoms with Crippen molar-refractivity contribution < 1.29 is 24.2 Å². The Morgan fingerprint density at radius 2 is 1.76 bits per heavy atom. The molecule has 7 heteroatoms. The number of amides is 2.